The number of benzene rings is 2. The van der Waals surface area contributed by atoms with E-state index >= 15 is 0 Å². The van der Waals surface area contributed by atoms with Crippen LogP contribution in [0.4, 0.5) is 10.1 Å². The van der Waals surface area contributed by atoms with Gasteiger partial charge >= 0.3 is 0 Å². The molecule has 0 aliphatic carbocycles. The number of halogens is 2. The van der Waals surface area contributed by atoms with E-state index in [0.29, 0.717) is 22.7 Å². The molecule has 1 unspecified atom stereocenters. The molecular formula is C22H20FIN2O4S. The van der Waals surface area contributed by atoms with Gasteiger partial charge in [0, 0.05) is 0 Å². The van der Waals surface area contributed by atoms with Gasteiger partial charge in [0.2, 0.25) is 0 Å². The van der Waals surface area contributed by atoms with Crippen LogP contribution in [0.1, 0.15) is 25.8 Å². The van der Waals surface area contributed by atoms with Crippen molar-refractivity contribution in [1.29, 1.82) is 0 Å². The van der Waals surface area contributed by atoms with Gasteiger partial charge in [-0.3, -0.25) is 19.8 Å². The quantitative estimate of drug-likeness (QED) is 0.248. The Morgan fingerprint density at radius 2 is 1.94 bits per heavy atom. The lowest BCUT2D eigenvalue weighted by molar-refractivity contribution is -0.122. The first-order valence-electron chi connectivity index (χ1n) is 9.46. The summed E-state index contributed by atoms with van der Waals surface area (Å²) in [6, 6.07) is 8.76. The fourth-order valence-corrected chi connectivity index (χ4v) is 3.90. The van der Waals surface area contributed by atoms with Crippen molar-refractivity contribution in [2.45, 2.75) is 26.4 Å². The summed E-state index contributed by atoms with van der Waals surface area (Å²) in [4.78, 5) is 26.8. The SMILES string of the molecule is CCC(C)Oc1c(I)cc(/C=C2/C(=O)NC(=S)N(c3ccc(F)cc3)C2=O)cc1OC. The maximum atomic E-state index is 13.3. The summed E-state index contributed by atoms with van der Waals surface area (Å²) in [5, 5.41) is 2.44. The molecule has 2 amide bonds. The van der Waals surface area contributed by atoms with Gasteiger partial charge in [0.25, 0.3) is 11.8 Å². The summed E-state index contributed by atoms with van der Waals surface area (Å²) in [6.45, 7) is 3.98. The van der Waals surface area contributed by atoms with Crippen LogP contribution >= 0.6 is 34.8 Å². The molecule has 1 heterocycles. The van der Waals surface area contributed by atoms with E-state index in [-0.39, 0.29) is 16.8 Å². The van der Waals surface area contributed by atoms with Crippen LogP contribution < -0.4 is 19.7 Å². The number of rotatable bonds is 6. The molecule has 1 N–H and O–H groups in total. The molecule has 3 rings (SSSR count). The topological polar surface area (TPSA) is 67.9 Å². The van der Waals surface area contributed by atoms with Crippen LogP contribution in [0, 0.1) is 9.39 Å². The highest BCUT2D eigenvalue weighted by molar-refractivity contribution is 14.1. The summed E-state index contributed by atoms with van der Waals surface area (Å²) in [5.41, 5.74) is 0.835. The molecule has 1 aliphatic rings. The molecule has 0 spiro atoms. The fraction of sp³-hybridized carbons (Fsp3) is 0.227. The fourth-order valence-electron chi connectivity index (χ4n) is 2.87. The highest BCUT2D eigenvalue weighted by Crippen LogP contribution is 2.36. The zero-order chi connectivity index (χ0) is 22.7. The molecule has 1 atom stereocenters. The van der Waals surface area contributed by atoms with E-state index in [0.717, 1.165) is 14.9 Å². The maximum absolute atomic E-state index is 13.3. The second-order valence-electron chi connectivity index (χ2n) is 6.81. The normalized spacial score (nSPS) is 16.4. The second-order valence-corrected chi connectivity index (χ2v) is 8.35. The van der Waals surface area contributed by atoms with Crippen LogP contribution in [0.2, 0.25) is 0 Å². The Kier molecular flexibility index (Phi) is 7.26. The number of nitrogens with one attached hydrogen (secondary N) is 1. The summed E-state index contributed by atoms with van der Waals surface area (Å²) in [6.07, 6.45) is 2.30. The average molecular weight is 554 g/mol. The van der Waals surface area contributed by atoms with E-state index in [9.17, 15) is 14.0 Å². The zero-order valence-corrected chi connectivity index (χ0v) is 20.0. The Morgan fingerprint density at radius 3 is 2.55 bits per heavy atom. The summed E-state index contributed by atoms with van der Waals surface area (Å²) in [7, 11) is 1.53. The minimum absolute atomic E-state index is 0.00241. The number of ether oxygens (including phenoxy) is 2. The lowest BCUT2D eigenvalue weighted by Crippen LogP contribution is -2.54. The Bertz CT molecular complexity index is 1070. The largest absolute Gasteiger partial charge is 0.493 e. The molecular weight excluding hydrogens is 534 g/mol. The molecule has 2 aromatic rings. The smallest absolute Gasteiger partial charge is 0.270 e. The third kappa shape index (κ3) is 5.04. The first-order chi connectivity index (χ1) is 14.7. The lowest BCUT2D eigenvalue weighted by atomic mass is 10.1. The van der Waals surface area contributed by atoms with Gasteiger partial charge in [-0.2, -0.15) is 0 Å². The van der Waals surface area contributed by atoms with Gasteiger partial charge in [0.15, 0.2) is 16.6 Å². The molecule has 162 valence electrons. The third-order valence-corrected chi connectivity index (χ3v) is 5.73. The van der Waals surface area contributed by atoms with Gasteiger partial charge in [0.05, 0.1) is 22.5 Å². The van der Waals surface area contributed by atoms with E-state index in [2.05, 4.69) is 27.9 Å². The summed E-state index contributed by atoms with van der Waals surface area (Å²) < 4.78 is 25.5. The van der Waals surface area contributed by atoms with E-state index in [1.807, 2.05) is 13.8 Å². The molecule has 1 aliphatic heterocycles. The summed E-state index contributed by atoms with van der Waals surface area (Å²) in [5.74, 6) is -0.557. The molecule has 9 heteroatoms. The number of nitrogens with zero attached hydrogens (tertiary/aromatic N) is 1. The van der Waals surface area contributed by atoms with Crippen LogP contribution in [-0.4, -0.2) is 30.1 Å². The van der Waals surface area contributed by atoms with Gasteiger partial charge in [-0.25, -0.2) is 4.39 Å². The Balaban J connectivity index is 2.00. The molecule has 1 saturated heterocycles. The van der Waals surface area contributed by atoms with Gasteiger partial charge in [-0.15, -0.1) is 0 Å². The van der Waals surface area contributed by atoms with Crippen molar-refractivity contribution in [1.82, 2.24) is 5.32 Å². The van der Waals surface area contributed by atoms with Gasteiger partial charge in [0.1, 0.15) is 11.4 Å². The maximum Gasteiger partial charge on any atom is 0.270 e. The number of amides is 2. The van der Waals surface area contributed by atoms with E-state index < -0.39 is 17.6 Å². The van der Waals surface area contributed by atoms with Crippen molar-refractivity contribution in [3.05, 3.63) is 56.9 Å². The number of anilines is 1. The molecule has 6 nitrogen and oxygen atoms in total. The van der Waals surface area contributed by atoms with Gasteiger partial charge < -0.3 is 9.47 Å². The Hall–Kier alpha value is -2.53. The van der Waals surface area contributed by atoms with Crippen molar-refractivity contribution in [3.8, 4) is 11.5 Å². The number of carbonyl (C=O) groups is 2. The van der Waals surface area contributed by atoms with Crippen LogP contribution in [0.5, 0.6) is 11.5 Å². The number of thiocarbonyl (C=S) groups is 1. The number of carbonyl (C=O) groups excluding carboxylic acids is 2. The average Bonchev–Trinajstić information content (AvgIpc) is 2.73. The van der Waals surface area contributed by atoms with Gasteiger partial charge in [-0.05, 0) is 96.2 Å². The van der Waals surface area contributed by atoms with Crippen LogP contribution in [0.25, 0.3) is 6.08 Å². The monoisotopic (exact) mass is 554 g/mol. The molecule has 1 fully saturated rings. The van der Waals surface area contributed by atoms with Crippen molar-refractivity contribution in [2.75, 3.05) is 12.0 Å². The minimum atomic E-state index is -0.609. The van der Waals surface area contributed by atoms with Crippen molar-refractivity contribution in [3.63, 3.8) is 0 Å². The van der Waals surface area contributed by atoms with Crippen LogP contribution in [0.15, 0.2) is 42.0 Å². The number of hydrogen-bond acceptors (Lipinski definition) is 5. The van der Waals surface area contributed by atoms with E-state index in [4.69, 9.17) is 21.7 Å². The molecule has 31 heavy (non-hydrogen) atoms. The molecule has 0 aromatic heterocycles. The molecule has 0 saturated carbocycles. The van der Waals surface area contributed by atoms with Crippen molar-refractivity contribution in [2.24, 2.45) is 0 Å². The molecule has 0 radical (unpaired) electrons. The minimum Gasteiger partial charge on any atom is -0.493 e. The Labute approximate surface area is 198 Å². The first-order valence-corrected chi connectivity index (χ1v) is 10.9. The predicted molar refractivity (Wildman–Crippen MR) is 129 cm³/mol. The predicted octanol–water partition coefficient (Wildman–Crippen LogP) is 4.45. The summed E-state index contributed by atoms with van der Waals surface area (Å²) >= 11 is 7.28. The lowest BCUT2D eigenvalue weighted by Gasteiger charge is -2.29. The highest BCUT2D eigenvalue weighted by atomic mass is 127. The zero-order valence-electron chi connectivity index (χ0n) is 17.1. The number of methoxy groups -OCH3 is 1. The van der Waals surface area contributed by atoms with Crippen molar-refractivity contribution < 1.29 is 23.5 Å². The van der Waals surface area contributed by atoms with E-state index in [1.165, 1.54) is 37.5 Å². The van der Waals surface area contributed by atoms with Crippen LogP contribution in [0.3, 0.4) is 0 Å². The Morgan fingerprint density at radius 1 is 1.26 bits per heavy atom. The molecule has 2 aromatic carbocycles. The van der Waals surface area contributed by atoms with Gasteiger partial charge in [-0.1, -0.05) is 6.92 Å². The van der Waals surface area contributed by atoms with Crippen molar-refractivity contribution >= 4 is 63.5 Å². The standard InChI is InChI=1S/C22H20FIN2O4S/c1-4-12(2)30-19-17(24)10-13(11-18(19)29-3)9-16-20(27)25-22(31)26(21(16)28)15-7-5-14(23)6-8-15/h5-12H,4H2,1-3H3,(H,25,27,31)/b16-9-. The first kappa shape index (κ1) is 23.1. The number of hydrogen-bond donors (Lipinski definition) is 1. The van der Waals surface area contributed by atoms with E-state index in [1.54, 1.807) is 12.1 Å². The second kappa shape index (κ2) is 9.73. The van der Waals surface area contributed by atoms with Crippen LogP contribution in [-0.2, 0) is 9.59 Å². The molecule has 0 bridgehead atoms. The highest BCUT2D eigenvalue weighted by Gasteiger charge is 2.34. The third-order valence-electron chi connectivity index (χ3n) is 4.64.